The second-order valence-corrected chi connectivity index (χ2v) is 3.33. The maximum absolute atomic E-state index is 5.33. The zero-order valence-corrected chi connectivity index (χ0v) is 8.44. The zero-order valence-electron chi connectivity index (χ0n) is 8.44. The molecule has 3 heteroatoms. The molecule has 1 fully saturated rings. The van der Waals surface area contributed by atoms with Gasteiger partial charge in [0.15, 0.2) is 0 Å². The third kappa shape index (κ3) is 1.82. The second kappa shape index (κ2) is 4.33. The fraction of sp³-hybridized carbons (Fsp3) is 0.455. The lowest BCUT2D eigenvalue weighted by Gasteiger charge is -2.37. The summed E-state index contributed by atoms with van der Waals surface area (Å²) in [5.74, 6) is 0.953. The summed E-state index contributed by atoms with van der Waals surface area (Å²) in [6.45, 7) is 3.86. The average molecular weight is 191 g/mol. The number of hydrogen-bond donors (Lipinski definition) is 0. The number of methoxy groups -OCH3 is 1. The standard InChI is InChI=1S/C11H15N2O/c1-14-11-5-3-2-4-10(11)13-8-6-12-7-9-13/h2-5H,6-9H2,1H3/q-1. The molecule has 1 aliphatic rings. The van der Waals surface area contributed by atoms with Crippen molar-refractivity contribution in [3.63, 3.8) is 0 Å². The van der Waals surface area contributed by atoms with Crippen LogP contribution in [0.4, 0.5) is 5.69 Å². The second-order valence-electron chi connectivity index (χ2n) is 3.33. The molecule has 0 amide bonds. The summed E-state index contributed by atoms with van der Waals surface area (Å²) in [5.41, 5.74) is 1.19. The molecule has 1 aromatic rings. The Bertz CT molecular complexity index is 295. The van der Waals surface area contributed by atoms with E-state index in [4.69, 9.17) is 4.74 Å². The van der Waals surface area contributed by atoms with Crippen molar-refractivity contribution in [3.8, 4) is 5.75 Å². The molecule has 0 aromatic heterocycles. The van der Waals surface area contributed by atoms with Crippen LogP contribution in [0, 0.1) is 0 Å². The van der Waals surface area contributed by atoms with Crippen LogP contribution in [-0.4, -0.2) is 33.3 Å². The number of piperazine rings is 1. The van der Waals surface area contributed by atoms with Crippen molar-refractivity contribution in [1.82, 2.24) is 0 Å². The van der Waals surface area contributed by atoms with Gasteiger partial charge in [-0.3, -0.25) is 0 Å². The van der Waals surface area contributed by atoms with E-state index in [1.54, 1.807) is 7.11 Å². The van der Waals surface area contributed by atoms with Crippen molar-refractivity contribution in [2.75, 3.05) is 38.2 Å². The molecule has 0 saturated carbocycles. The molecule has 1 aliphatic heterocycles. The Kier molecular flexibility index (Phi) is 2.89. The Balaban J connectivity index is 2.20. The molecule has 0 unspecified atom stereocenters. The van der Waals surface area contributed by atoms with Crippen LogP contribution in [0.25, 0.3) is 5.32 Å². The van der Waals surface area contributed by atoms with Crippen LogP contribution < -0.4 is 9.64 Å². The summed E-state index contributed by atoms with van der Waals surface area (Å²) >= 11 is 0. The predicted molar refractivity (Wildman–Crippen MR) is 58.3 cm³/mol. The quantitative estimate of drug-likeness (QED) is 0.713. The molecule has 0 bridgehead atoms. The lowest BCUT2D eigenvalue weighted by Crippen LogP contribution is -2.34. The topological polar surface area (TPSA) is 26.6 Å². The van der Waals surface area contributed by atoms with Crippen LogP contribution in [0.3, 0.4) is 0 Å². The van der Waals surface area contributed by atoms with Gasteiger partial charge < -0.3 is 15.0 Å². The third-order valence-corrected chi connectivity index (χ3v) is 2.48. The molecule has 0 radical (unpaired) electrons. The third-order valence-electron chi connectivity index (χ3n) is 2.48. The molecule has 0 spiro atoms. The highest BCUT2D eigenvalue weighted by Gasteiger charge is 2.09. The lowest BCUT2D eigenvalue weighted by atomic mass is 10.2. The molecule has 2 rings (SSSR count). The first-order valence-electron chi connectivity index (χ1n) is 4.93. The summed E-state index contributed by atoms with van der Waals surface area (Å²) < 4.78 is 5.33. The lowest BCUT2D eigenvalue weighted by molar-refractivity contribution is 0.414. The van der Waals surface area contributed by atoms with E-state index in [0.717, 1.165) is 31.9 Å². The number of para-hydroxylation sites is 2. The fourth-order valence-corrected chi connectivity index (χ4v) is 1.74. The van der Waals surface area contributed by atoms with Gasteiger partial charge in [0, 0.05) is 0 Å². The van der Waals surface area contributed by atoms with Gasteiger partial charge in [-0.25, -0.2) is 0 Å². The molecule has 0 atom stereocenters. The van der Waals surface area contributed by atoms with Crippen LogP contribution in [-0.2, 0) is 0 Å². The van der Waals surface area contributed by atoms with Crippen molar-refractivity contribution >= 4 is 5.69 Å². The van der Waals surface area contributed by atoms with E-state index in [2.05, 4.69) is 16.3 Å². The van der Waals surface area contributed by atoms with Crippen molar-refractivity contribution in [3.05, 3.63) is 29.6 Å². The normalized spacial score (nSPS) is 16.8. The summed E-state index contributed by atoms with van der Waals surface area (Å²) in [4.78, 5) is 2.33. The summed E-state index contributed by atoms with van der Waals surface area (Å²) in [7, 11) is 1.72. The first-order valence-corrected chi connectivity index (χ1v) is 4.93. The van der Waals surface area contributed by atoms with E-state index in [0.29, 0.717) is 0 Å². The number of hydrogen-bond acceptors (Lipinski definition) is 2. The summed E-state index contributed by atoms with van der Waals surface area (Å²) in [5, 5.41) is 4.33. The molecule has 1 aromatic carbocycles. The van der Waals surface area contributed by atoms with Gasteiger partial charge in [-0.15, -0.1) is 13.1 Å². The van der Waals surface area contributed by atoms with E-state index in [9.17, 15) is 0 Å². The number of benzene rings is 1. The molecule has 1 heterocycles. The molecule has 3 nitrogen and oxygen atoms in total. The van der Waals surface area contributed by atoms with Crippen molar-refractivity contribution < 1.29 is 4.74 Å². The van der Waals surface area contributed by atoms with E-state index in [-0.39, 0.29) is 0 Å². The minimum Gasteiger partial charge on any atom is -0.659 e. The van der Waals surface area contributed by atoms with Crippen LogP contribution in [0.1, 0.15) is 0 Å². The smallest absolute Gasteiger partial charge is 0.142 e. The van der Waals surface area contributed by atoms with Crippen molar-refractivity contribution in [2.45, 2.75) is 0 Å². The highest BCUT2D eigenvalue weighted by Crippen LogP contribution is 2.28. The predicted octanol–water partition coefficient (Wildman–Crippen LogP) is 1.89. The first-order chi connectivity index (χ1) is 6.92. The first kappa shape index (κ1) is 9.34. The number of rotatable bonds is 2. The highest BCUT2D eigenvalue weighted by molar-refractivity contribution is 5.58. The van der Waals surface area contributed by atoms with E-state index < -0.39 is 0 Å². The number of anilines is 1. The largest absolute Gasteiger partial charge is 0.659 e. The van der Waals surface area contributed by atoms with Crippen molar-refractivity contribution in [2.24, 2.45) is 0 Å². The minimum absolute atomic E-state index is 0.929. The molecule has 76 valence electrons. The van der Waals surface area contributed by atoms with Gasteiger partial charge in [-0.2, -0.15) is 0 Å². The highest BCUT2D eigenvalue weighted by atomic mass is 16.5. The molecule has 14 heavy (non-hydrogen) atoms. The molecule has 1 saturated heterocycles. The van der Waals surface area contributed by atoms with Crippen molar-refractivity contribution in [1.29, 1.82) is 0 Å². The fourth-order valence-electron chi connectivity index (χ4n) is 1.74. The zero-order chi connectivity index (χ0) is 9.80. The van der Waals surface area contributed by atoms with Crippen LogP contribution in [0.2, 0.25) is 0 Å². The maximum Gasteiger partial charge on any atom is 0.142 e. The van der Waals surface area contributed by atoms with Gasteiger partial charge in [-0.1, -0.05) is 12.1 Å². The van der Waals surface area contributed by atoms with Gasteiger partial charge >= 0.3 is 0 Å². The Morgan fingerprint density at radius 2 is 1.93 bits per heavy atom. The molecular weight excluding hydrogens is 176 g/mol. The summed E-state index contributed by atoms with van der Waals surface area (Å²) in [6.07, 6.45) is 0. The van der Waals surface area contributed by atoms with Gasteiger partial charge in [0.25, 0.3) is 0 Å². The van der Waals surface area contributed by atoms with Gasteiger partial charge in [0.1, 0.15) is 5.75 Å². The van der Waals surface area contributed by atoms with Crippen LogP contribution in [0.5, 0.6) is 5.75 Å². The molecule has 0 aliphatic carbocycles. The van der Waals surface area contributed by atoms with Gasteiger partial charge in [0.2, 0.25) is 0 Å². The Morgan fingerprint density at radius 3 is 2.64 bits per heavy atom. The van der Waals surface area contributed by atoms with Gasteiger partial charge in [0.05, 0.1) is 12.8 Å². The van der Waals surface area contributed by atoms with Gasteiger partial charge in [-0.05, 0) is 25.2 Å². The SMILES string of the molecule is COc1ccccc1N1CC[N-]CC1. The van der Waals surface area contributed by atoms with E-state index in [1.165, 1.54) is 5.69 Å². The minimum atomic E-state index is 0.929. The van der Waals surface area contributed by atoms with Crippen LogP contribution >= 0.6 is 0 Å². The molecule has 0 N–H and O–H groups in total. The summed E-state index contributed by atoms with van der Waals surface area (Å²) in [6, 6.07) is 8.14. The van der Waals surface area contributed by atoms with Crippen LogP contribution in [0.15, 0.2) is 24.3 Å². The average Bonchev–Trinajstić information content (AvgIpc) is 2.30. The Labute approximate surface area is 84.7 Å². The number of ether oxygens (including phenoxy) is 1. The van der Waals surface area contributed by atoms with E-state index >= 15 is 0 Å². The Hall–Kier alpha value is -1.22. The maximum atomic E-state index is 5.33. The Morgan fingerprint density at radius 1 is 1.21 bits per heavy atom. The molecular formula is C11H15N2O-. The monoisotopic (exact) mass is 191 g/mol. The van der Waals surface area contributed by atoms with E-state index in [1.807, 2.05) is 18.2 Å². The number of nitrogens with zero attached hydrogens (tertiary/aromatic N) is 2.